The van der Waals surface area contributed by atoms with Crippen molar-refractivity contribution < 1.29 is 34.1 Å². The van der Waals surface area contributed by atoms with Crippen molar-refractivity contribution in [2.75, 3.05) is 25.6 Å². The van der Waals surface area contributed by atoms with Crippen LogP contribution in [0.2, 0.25) is 0 Å². The van der Waals surface area contributed by atoms with E-state index in [1.165, 1.54) is 0 Å². The molecule has 8 nitrogen and oxygen atoms in total. The number of hydrogen-bond acceptors (Lipinski definition) is 9. The van der Waals surface area contributed by atoms with E-state index in [1.807, 2.05) is 56.8 Å². The molecule has 1 heterocycles. The number of thioether (sulfide) groups is 1. The molecule has 2 aliphatic carbocycles. The van der Waals surface area contributed by atoms with Gasteiger partial charge in [-0.2, -0.15) is 11.8 Å². The first-order valence-electron chi connectivity index (χ1n) is 17.8. The topological polar surface area (TPSA) is 107 Å². The number of unbranched alkanes of at least 4 members (excludes halogenated alkanes) is 2. The van der Waals surface area contributed by atoms with E-state index in [2.05, 4.69) is 25.6 Å². The minimum atomic E-state index is -0.981. The predicted molar refractivity (Wildman–Crippen MR) is 196 cm³/mol. The molecule has 6 atom stereocenters. The summed E-state index contributed by atoms with van der Waals surface area (Å²) in [6.45, 7) is 12.8. The first-order chi connectivity index (χ1) is 23.7. The maximum atomic E-state index is 11.5. The first-order valence-corrected chi connectivity index (χ1v) is 18.8. The summed E-state index contributed by atoms with van der Waals surface area (Å²) in [6, 6.07) is 13.2. The second-order valence-electron chi connectivity index (χ2n) is 14.2. The number of carbonyl (C=O) groups excluding carboxylic acids is 1. The second kappa shape index (κ2) is 16.7. The normalized spacial score (nSPS) is 26.6. The fourth-order valence-corrected chi connectivity index (χ4v) is 8.89. The molecule has 9 heteroatoms. The lowest BCUT2D eigenvalue weighted by molar-refractivity contribution is -0.223. The zero-order valence-electron chi connectivity index (χ0n) is 29.4. The summed E-state index contributed by atoms with van der Waals surface area (Å²) in [7, 11) is 0. The lowest BCUT2D eigenvalue weighted by Gasteiger charge is -2.58. The van der Waals surface area contributed by atoms with Gasteiger partial charge in [0.25, 0.3) is 0 Å². The van der Waals surface area contributed by atoms with Crippen LogP contribution in [0.3, 0.4) is 0 Å². The highest BCUT2D eigenvalue weighted by Gasteiger charge is 2.63. The van der Waals surface area contributed by atoms with Gasteiger partial charge in [-0.1, -0.05) is 49.2 Å². The van der Waals surface area contributed by atoms with Crippen LogP contribution in [0.4, 0.5) is 0 Å². The maximum absolute atomic E-state index is 11.5. The summed E-state index contributed by atoms with van der Waals surface area (Å²) in [5.74, 6) is 2.11. The molecule has 5 rings (SSSR count). The number of carbonyl (C=O) groups is 1. The Balaban J connectivity index is 1.72. The highest BCUT2D eigenvalue weighted by Crippen LogP contribution is 2.62. The average Bonchev–Trinajstić information content (AvgIpc) is 3.08. The van der Waals surface area contributed by atoms with Crippen molar-refractivity contribution in [3.63, 3.8) is 0 Å². The van der Waals surface area contributed by atoms with Gasteiger partial charge in [-0.25, -0.2) is 0 Å². The quantitative estimate of drug-likeness (QED) is 0.0737. The smallest absolute Gasteiger partial charge is 0.230 e. The van der Waals surface area contributed by atoms with Crippen LogP contribution in [0.15, 0.2) is 71.9 Å². The number of rotatable bonds is 17. The lowest BCUT2D eigenvalue weighted by Crippen LogP contribution is -2.64. The monoisotopic (exact) mass is 691 g/mol. The molecule has 1 saturated carbocycles. The van der Waals surface area contributed by atoms with Crippen LogP contribution < -0.4 is 9.47 Å². The molecule has 0 spiro atoms. The number of ether oxygens (including phenoxy) is 3. The first kappa shape index (κ1) is 37.2. The Morgan fingerprint density at radius 1 is 1.06 bits per heavy atom. The van der Waals surface area contributed by atoms with Gasteiger partial charge in [0.15, 0.2) is 0 Å². The minimum Gasteiger partial charge on any atom is -0.460 e. The van der Waals surface area contributed by atoms with Crippen molar-refractivity contribution in [3.8, 4) is 17.2 Å². The minimum absolute atomic E-state index is 0.0173. The zero-order valence-corrected chi connectivity index (χ0v) is 30.3. The van der Waals surface area contributed by atoms with E-state index in [-0.39, 0.29) is 42.1 Å². The number of fused-ring (bicyclic) bond motifs is 2. The van der Waals surface area contributed by atoms with Gasteiger partial charge >= 0.3 is 0 Å². The predicted octanol–water partition coefficient (Wildman–Crippen LogP) is 8.48. The van der Waals surface area contributed by atoms with Gasteiger partial charge < -0.3 is 29.3 Å². The number of benzene rings is 2. The van der Waals surface area contributed by atoms with Crippen molar-refractivity contribution in [1.82, 2.24) is 0 Å². The summed E-state index contributed by atoms with van der Waals surface area (Å²) in [4.78, 5) is 17.6. The summed E-state index contributed by atoms with van der Waals surface area (Å²) >= 11 is 1.82. The summed E-state index contributed by atoms with van der Waals surface area (Å²) < 4.78 is 20.4. The molecule has 2 aromatic rings. The molecule has 0 amide bonds. The fraction of sp³-hybridized carbons (Fsp3) is 0.550. The third-order valence-corrected chi connectivity index (χ3v) is 10.9. The van der Waals surface area contributed by atoms with E-state index in [0.29, 0.717) is 30.1 Å². The molecule has 266 valence electrons. The Hall–Kier alpha value is -3.11. The molecule has 0 radical (unpaired) electrons. The number of nitrogens with zero attached hydrogens (tertiary/aromatic N) is 1. The van der Waals surface area contributed by atoms with Gasteiger partial charge in [0.1, 0.15) is 29.1 Å². The van der Waals surface area contributed by atoms with Crippen LogP contribution in [0.1, 0.15) is 94.5 Å². The number of aliphatic hydroxyl groups excluding tert-OH is 2. The van der Waals surface area contributed by atoms with Gasteiger partial charge in [-0.15, -0.1) is 6.58 Å². The Kier molecular flexibility index (Phi) is 12.7. The van der Waals surface area contributed by atoms with Crippen molar-refractivity contribution in [2.45, 2.75) is 95.2 Å². The van der Waals surface area contributed by atoms with Crippen LogP contribution in [0.25, 0.3) is 0 Å². The second-order valence-corrected chi connectivity index (χ2v) is 15.7. The molecular formula is C40H53NO7S. The highest BCUT2D eigenvalue weighted by atomic mass is 32.2. The lowest BCUT2D eigenvalue weighted by atomic mass is 9.56. The fourth-order valence-electron chi connectivity index (χ4n) is 7.72. The molecule has 2 N–H and O–H groups in total. The number of aldehydes is 1. The van der Waals surface area contributed by atoms with Gasteiger partial charge in [-0.3, -0.25) is 4.79 Å². The maximum Gasteiger partial charge on any atom is 0.230 e. The molecule has 3 aliphatic rings. The third-order valence-electron chi connectivity index (χ3n) is 9.65. The molecule has 2 aromatic carbocycles. The van der Waals surface area contributed by atoms with Crippen LogP contribution >= 0.6 is 11.8 Å². The third kappa shape index (κ3) is 8.44. The number of oxime groups is 1. The molecular weight excluding hydrogens is 639 g/mol. The Morgan fingerprint density at radius 2 is 1.82 bits per heavy atom. The van der Waals surface area contributed by atoms with E-state index >= 15 is 0 Å². The Morgan fingerprint density at radius 3 is 2.51 bits per heavy atom. The molecule has 0 bridgehead atoms. The molecule has 6 unspecified atom stereocenters. The summed E-state index contributed by atoms with van der Waals surface area (Å²) in [5, 5.41) is 24.3. The number of hydrogen-bond donors (Lipinski definition) is 2. The molecule has 0 saturated heterocycles. The molecule has 1 fully saturated rings. The molecule has 49 heavy (non-hydrogen) atoms. The largest absolute Gasteiger partial charge is 0.460 e. The van der Waals surface area contributed by atoms with E-state index in [4.69, 9.17) is 24.2 Å². The highest BCUT2D eigenvalue weighted by molar-refractivity contribution is 8.00. The molecule has 1 aliphatic heterocycles. The van der Waals surface area contributed by atoms with Crippen molar-refractivity contribution in [1.29, 1.82) is 0 Å². The number of aliphatic hydroxyl groups is 2. The van der Waals surface area contributed by atoms with Gasteiger partial charge in [0.2, 0.25) is 5.79 Å². The van der Waals surface area contributed by atoms with Crippen LogP contribution in [0, 0.1) is 17.8 Å². The van der Waals surface area contributed by atoms with Crippen LogP contribution in [-0.4, -0.2) is 64.4 Å². The summed E-state index contributed by atoms with van der Waals surface area (Å²) in [6.07, 6.45) is 10.7. The van der Waals surface area contributed by atoms with Crippen molar-refractivity contribution in [3.05, 3.63) is 77.9 Å². The van der Waals surface area contributed by atoms with Crippen LogP contribution in [-0.2, 0) is 9.57 Å². The summed E-state index contributed by atoms with van der Waals surface area (Å²) in [5.41, 5.74) is 3.18. The van der Waals surface area contributed by atoms with Gasteiger partial charge in [0.05, 0.1) is 23.5 Å². The SMILES string of the molecule is C=CCOC12Oc3ccc(Oc4cccc(C=O)c4)cc3C3C(CCCCO)C(CCCCO)C=C(C(=NOC(C)(C)C)CC1SCC)C32. The van der Waals surface area contributed by atoms with E-state index < -0.39 is 11.4 Å². The average molecular weight is 692 g/mol. The molecule has 0 aromatic heterocycles. The van der Waals surface area contributed by atoms with E-state index in [0.717, 1.165) is 73.2 Å². The standard InChI is InChI=1S/C40H53NO7S/c1-6-21-45-40-36(49-7-2)25-34(41-48-39(3,4)5)32-23-28(14-8-10-19-42)31(16-9-11-20-43)37(38(32)40)33-24-30(17-18-35(33)47-40)46-29-15-12-13-27(22-29)26-44/h6,12-13,15,17-18,22-24,26,28,31,36-38,42-43H,1,7-11,14,16,19-21,25H2,2-5H3. The van der Waals surface area contributed by atoms with Gasteiger partial charge in [-0.05, 0) is 99.9 Å². The Labute approximate surface area is 295 Å². The van der Waals surface area contributed by atoms with Crippen molar-refractivity contribution in [2.24, 2.45) is 22.9 Å². The van der Waals surface area contributed by atoms with E-state index in [9.17, 15) is 15.0 Å². The van der Waals surface area contributed by atoms with E-state index in [1.54, 1.807) is 18.2 Å². The van der Waals surface area contributed by atoms with Gasteiger partial charge in [0, 0.05) is 36.7 Å². The number of allylic oxidation sites excluding steroid dienone is 1. The Bertz CT molecular complexity index is 1500. The zero-order chi connectivity index (χ0) is 35.0. The van der Waals surface area contributed by atoms with Crippen LogP contribution in [0.5, 0.6) is 17.2 Å². The van der Waals surface area contributed by atoms with Crippen molar-refractivity contribution >= 4 is 23.8 Å².